The summed E-state index contributed by atoms with van der Waals surface area (Å²) in [7, 11) is 1.32. The third-order valence-corrected chi connectivity index (χ3v) is 2.60. The maximum atomic E-state index is 13.3. The van der Waals surface area contributed by atoms with Crippen LogP contribution in [0.15, 0.2) is 23.8 Å². The number of ether oxygens (including phenoxy) is 3. The average Bonchev–Trinajstić information content (AvgIpc) is 2.34. The van der Waals surface area contributed by atoms with E-state index in [1.54, 1.807) is 0 Å². The Labute approximate surface area is 114 Å². The van der Waals surface area contributed by atoms with E-state index in [4.69, 9.17) is 14.2 Å². The van der Waals surface area contributed by atoms with E-state index < -0.39 is 23.5 Å². The summed E-state index contributed by atoms with van der Waals surface area (Å²) in [5.74, 6) is -3.38. The van der Waals surface area contributed by atoms with Gasteiger partial charge in [-0.05, 0) is 23.8 Å². The molecular weight excluding hydrogens is 267 g/mol. The number of carbonyl (C=O) groups is 2. The lowest BCUT2D eigenvalue weighted by atomic mass is 10.1. The van der Waals surface area contributed by atoms with Gasteiger partial charge >= 0.3 is 11.9 Å². The first-order valence-corrected chi connectivity index (χ1v) is 5.84. The highest BCUT2D eigenvalue weighted by molar-refractivity contribution is 6.18. The minimum atomic E-state index is -1.29. The molecule has 1 aliphatic rings. The molecule has 0 atom stereocenters. The summed E-state index contributed by atoms with van der Waals surface area (Å²) < 4.78 is 28.0. The number of benzene rings is 1. The van der Waals surface area contributed by atoms with E-state index >= 15 is 0 Å². The molecule has 0 aromatic heterocycles. The molecule has 0 bridgehead atoms. The summed E-state index contributed by atoms with van der Waals surface area (Å²) in [4.78, 5) is 23.5. The maximum Gasteiger partial charge on any atom is 0.348 e. The van der Waals surface area contributed by atoms with Crippen molar-refractivity contribution in [3.63, 3.8) is 0 Å². The van der Waals surface area contributed by atoms with Gasteiger partial charge in [0.25, 0.3) is 5.79 Å². The van der Waals surface area contributed by atoms with Gasteiger partial charge in [-0.1, -0.05) is 6.07 Å². The summed E-state index contributed by atoms with van der Waals surface area (Å²) in [5, 5.41) is 0. The van der Waals surface area contributed by atoms with Gasteiger partial charge in [-0.3, -0.25) is 0 Å². The molecule has 0 saturated carbocycles. The van der Waals surface area contributed by atoms with Crippen LogP contribution in [-0.2, 0) is 19.1 Å². The van der Waals surface area contributed by atoms with Crippen LogP contribution in [-0.4, -0.2) is 24.8 Å². The highest BCUT2D eigenvalue weighted by Crippen LogP contribution is 2.25. The van der Waals surface area contributed by atoms with E-state index in [1.165, 1.54) is 45.2 Å². The SMILES string of the molecule is COc1cc(C=C2C(=O)OC(C)(C)OC2=O)ccc1F. The minimum Gasteiger partial charge on any atom is -0.494 e. The Hall–Kier alpha value is -2.37. The van der Waals surface area contributed by atoms with E-state index in [-0.39, 0.29) is 11.3 Å². The molecule has 0 N–H and O–H groups in total. The fourth-order valence-corrected chi connectivity index (χ4v) is 1.71. The van der Waals surface area contributed by atoms with E-state index in [9.17, 15) is 14.0 Å². The first-order chi connectivity index (χ1) is 9.32. The molecule has 0 unspecified atom stereocenters. The van der Waals surface area contributed by atoms with Gasteiger partial charge in [0.2, 0.25) is 0 Å². The van der Waals surface area contributed by atoms with Crippen LogP contribution in [0.2, 0.25) is 0 Å². The Bertz CT molecular complexity index is 582. The number of carbonyl (C=O) groups excluding carboxylic acids is 2. The molecule has 6 heteroatoms. The fourth-order valence-electron chi connectivity index (χ4n) is 1.71. The van der Waals surface area contributed by atoms with E-state index in [0.717, 1.165) is 0 Å². The second-order valence-electron chi connectivity index (χ2n) is 4.63. The topological polar surface area (TPSA) is 61.8 Å². The van der Waals surface area contributed by atoms with Crippen LogP contribution in [0, 0.1) is 5.82 Å². The van der Waals surface area contributed by atoms with E-state index in [0.29, 0.717) is 5.56 Å². The number of methoxy groups -OCH3 is 1. The molecule has 1 saturated heterocycles. The molecule has 0 radical (unpaired) electrons. The summed E-state index contributed by atoms with van der Waals surface area (Å²) in [6.07, 6.45) is 1.27. The lowest BCUT2D eigenvalue weighted by Crippen LogP contribution is -2.41. The Kier molecular flexibility index (Phi) is 3.48. The van der Waals surface area contributed by atoms with Gasteiger partial charge in [0.15, 0.2) is 11.6 Å². The van der Waals surface area contributed by atoms with Crippen molar-refractivity contribution in [2.24, 2.45) is 0 Å². The zero-order valence-electron chi connectivity index (χ0n) is 11.2. The lowest BCUT2D eigenvalue weighted by molar-refractivity contribution is -0.222. The van der Waals surface area contributed by atoms with Crippen LogP contribution in [0.3, 0.4) is 0 Å². The maximum absolute atomic E-state index is 13.3. The molecule has 1 fully saturated rings. The molecule has 5 nitrogen and oxygen atoms in total. The highest BCUT2D eigenvalue weighted by Gasteiger charge is 2.38. The van der Waals surface area contributed by atoms with Crippen LogP contribution in [0.4, 0.5) is 4.39 Å². The number of hydrogen-bond donors (Lipinski definition) is 0. The Balaban J connectivity index is 2.35. The standard InChI is InChI=1S/C14H13FO5/c1-14(2)19-12(16)9(13(17)20-14)6-8-4-5-10(15)11(7-8)18-3/h4-7H,1-3H3. The van der Waals surface area contributed by atoms with Crippen LogP contribution in [0.1, 0.15) is 19.4 Å². The molecule has 1 aliphatic heterocycles. The predicted molar refractivity (Wildman–Crippen MR) is 67.2 cm³/mol. The first-order valence-electron chi connectivity index (χ1n) is 5.84. The van der Waals surface area contributed by atoms with Gasteiger partial charge in [-0.15, -0.1) is 0 Å². The Morgan fingerprint density at radius 2 is 1.80 bits per heavy atom. The van der Waals surface area contributed by atoms with Crippen molar-refractivity contribution >= 4 is 18.0 Å². The minimum absolute atomic E-state index is 0.0113. The van der Waals surface area contributed by atoms with Gasteiger partial charge in [0.05, 0.1) is 7.11 Å². The van der Waals surface area contributed by atoms with Crippen molar-refractivity contribution < 1.29 is 28.2 Å². The largest absolute Gasteiger partial charge is 0.494 e. The van der Waals surface area contributed by atoms with Crippen molar-refractivity contribution in [2.45, 2.75) is 19.6 Å². The van der Waals surface area contributed by atoms with Crippen molar-refractivity contribution in [3.05, 3.63) is 35.2 Å². The second-order valence-corrected chi connectivity index (χ2v) is 4.63. The smallest absolute Gasteiger partial charge is 0.348 e. The van der Waals surface area contributed by atoms with Crippen molar-refractivity contribution in [1.82, 2.24) is 0 Å². The van der Waals surface area contributed by atoms with Crippen molar-refractivity contribution in [3.8, 4) is 5.75 Å². The highest BCUT2D eigenvalue weighted by atomic mass is 19.1. The normalized spacial score (nSPS) is 17.3. The van der Waals surface area contributed by atoms with Gasteiger partial charge in [0, 0.05) is 13.8 Å². The molecule has 2 rings (SSSR count). The zero-order chi connectivity index (χ0) is 14.9. The Morgan fingerprint density at radius 3 is 2.35 bits per heavy atom. The predicted octanol–water partition coefficient (Wildman–Crippen LogP) is 2.05. The number of cyclic esters (lactones) is 2. The van der Waals surface area contributed by atoms with E-state index in [2.05, 4.69) is 0 Å². The Morgan fingerprint density at radius 1 is 1.20 bits per heavy atom. The van der Waals surface area contributed by atoms with Gasteiger partial charge in [-0.2, -0.15) is 0 Å². The number of rotatable bonds is 2. The summed E-state index contributed by atoms with van der Waals surface area (Å²) in [6.45, 7) is 2.92. The monoisotopic (exact) mass is 280 g/mol. The molecule has 1 heterocycles. The van der Waals surface area contributed by atoms with Crippen molar-refractivity contribution in [1.29, 1.82) is 0 Å². The molecule has 0 spiro atoms. The first kappa shape index (κ1) is 14.0. The fraction of sp³-hybridized carbons (Fsp3) is 0.286. The van der Waals surface area contributed by atoms with Crippen LogP contribution >= 0.6 is 0 Å². The third-order valence-electron chi connectivity index (χ3n) is 2.60. The molecule has 1 aromatic rings. The third kappa shape index (κ3) is 2.79. The number of halogens is 1. The molecular formula is C14H13FO5. The van der Waals surface area contributed by atoms with E-state index in [1.807, 2.05) is 0 Å². The summed E-state index contributed by atoms with van der Waals surface area (Å²) in [5.41, 5.74) is 0.171. The second kappa shape index (κ2) is 4.96. The molecule has 20 heavy (non-hydrogen) atoms. The van der Waals surface area contributed by atoms with Crippen LogP contribution in [0.25, 0.3) is 6.08 Å². The van der Waals surface area contributed by atoms with Crippen LogP contribution < -0.4 is 4.74 Å². The average molecular weight is 280 g/mol. The molecule has 0 amide bonds. The molecule has 1 aromatic carbocycles. The van der Waals surface area contributed by atoms with Gasteiger partial charge in [-0.25, -0.2) is 14.0 Å². The number of hydrogen-bond acceptors (Lipinski definition) is 5. The van der Waals surface area contributed by atoms with Crippen LogP contribution in [0.5, 0.6) is 5.75 Å². The quantitative estimate of drug-likeness (QED) is 0.471. The van der Waals surface area contributed by atoms with Gasteiger partial charge in [0.1, 0.15) is 5.57 Å². The summed E-state index contributed by atoms with van der Waals surface area (Å²) >= 11 is 0. The summed E-state index contributed by atoms with van der Waals surface area (Å²) in [6, 6.07) is 3.95. The van der Waals surface area contributed by atoms with Gasteiger partial charge < -0.3 is 14.2 Å². The molecule has 0 aliphatic carbocycles. The lowest BCUT2D eigenvalue weighted by Gasteiger charge is -2.29. The molecule has 106 valence electrons. The number of esters is 2. The van der Waals surface area contributed by atoms with Crippen molar-refractivity contribution in [2.75, 3.05) is 7.11 Å². The zero-order valence-corrected chi connectivity index (χ0v) is 11.2.